The minimum atomic E-state index is -0.212. The number of nitrogens with zero attached hydrogens (tertiary/aromatic N) is 5. The molecule has 9 nitrogen and oxygen atoms in total. The van der Waals surface area contributed by atoms with Gasteiger partial charge in [-0.05, 0) is 61.4 Å². The number of carbonyl (C=O) groups excluding carboxylic acids is 1. The zero-order valence-corrected chi connectivity index (χ0v) is 23.8. The van der Waals surface area contributed by atoms with Gasteiger partial charge in [0.15, 0.2) is 11.6 Å². The summed E-state index contributed by atoms with van der Waals surface area (Å²) < 4.78 is 12.6. The fourth-order valence-corrected chi connectivity index (χ4v) is 5.40. The van der Waals surface area contributed by atoms with Crippen molar-refractivity contribution in [2.75, 3.05) is 26.1 Å². The van der Waals surface area contributed by atoms with Crippen molar-refractivity contribution in [1.29, 1.82) is 0 Å². The highest BCUT2D eigenvalue weighted by Crippen LogP contribution is 2.32. The lowest BCUT2D eigenvalue weighted by atomic mass is 10.2. The fourth-order valence-electron chi connectivity index (χ4n) is 4.97. The molecule has 1 aliphatic rings. The Kier molecular flexibility index (Phi) is 8.72. The van der Waals surface area contributed by atoms with E-state index in [-0.39, 0.29) is 12.1 Å². The van der Waals surface area contributed by atoms with Gasteiger partial charge in [-0.3, -0.25) is 4.98 Å². The minimum Gasteiger partial charge on any atom is -0.495 e. The number of amides is 2. The van der Waals surface area contributed by atoms with Gasteiger partial charge in [-0.2, -0.15) is 5.10 Å². The van der Waals surface area contributed by atoms with E-state index in [9.17, 15) is 4.79 Å². The average molecular weight is 582 g/mol. The minimum absolute atomic E-state index is 0.118. The Morgan fingerprint density at radius 3 is 2.42 bits per heavy atom. The summed E-state index contributed by atoms with van der Waals surface area (Å²) in [5, 5.41) is 8.81. The van der Waals surface area contributed by atoms with Gasteiger partial charge in [0, 0.05) is 41.1 Å². The number of hydrogen-bond acceptors (Lipinski definition) is 6. The van der Waals surface area contributed by atoms with Crippen LogP contribution in [0.1, 0.15) is 25.7 Å². The van der Waals surface area contributed by atoms with Crippen molar-refractivity contribution < 1.29 is 14.3 Å². The van der Waals surface area contributed by atoms with Gasteiger partial charge in [0.25, 0.3) is 0 Å². The van der Waals surface area contributed by atoms with Crippen LogP contribution in [0.3, 0.4) is 0 Å². The molecule has 1 fully saturated rings. The van der Waals surface area contributed by atoms with Gasteiger partial charge in [-0.25, -0.2) is 14.5 Å². The molecule has 40 heavy (non-hydrogen) atoms. The monoisotopic (exact) mass is 580 g/mol. The maximum absolute atomic E-state index is 13.6. The number of halogens is 2. The first-order valence-corrected chi connectivity index (χ1v) is 13.8. The lowest BCUT2D eigenvalue weighted by Gasteiger charge is -2.29. The summed E-state index contributed by atoms with van der Waals surface area (Å²) in [6.45, 7) is 0.850. The molecule has 0 radical (unpaired) electrons. The van der Waals surface area contributed by atoms with Gasteiger partial charge in [0.05, 0.1) is 31.5 Å². The van der Waals surface area contributed by atoms with E-state index in [2.05, 4.69) is 10.3 Å². The molecule has 0 bridgehead atoms. The third-order valence-electron chi connectivity index (χ3n) is 7.00. The van der Waals surface area contributed by atoms with Crippen LogP contribution in [0, 0.1) is 0 Å². The molecule has 2 aromatic heterocycles. The lowest BCUT2D eigenvalue weighted by molar-refractivity contribution is 0.184. The van der Waals surface area contributed by atoms with Gasteiger partial charge in [0.2, 0.25) is 0 Å². The quantitative estimate of drug-likeness (QED) is 0.234. The number of anilines is 1. The topological polar surface area (TPSA) is 94.4 Å². The molecule has 0 atom stereocenters. The van der Waals surface area contributed by atoms with Crippen molar-refractivity contribution in [1.82, 2.24) is 24.6 Å². The van der Waals surface area contributed by atoms with Crippen LogP contribution in [0.4, 0.5) is 10.5 Å². The SMILES string of the molecule is COc1ccc(-c2nc(-c3ccncc3)nn2CCN(C(=O)Nc2cc(Cl)ccc2OC)C2CCCC2)cc1Cl. The number of rotatable bonds is 9. The molecular weight excluding hydrogens is 551 g/mol. The molecule has 1 N–H and O–H groups in total. The molecule has 208 valence electrons. The molecule has 4 aromatic rings. The third kappa shape index (κ3) is 6.16. The van der Waals surface area contributed by atoms with Gasteiger partial charge >= 0.3 is 6.03 Å². The number of carbonyl (C=O) groups is 1. The second kappa shape index (κ2) is 12.6. The van der Waals surface area contributed by atoms with Crippen molar-refractivity contribution >= 4 is 34.9 Å². The van der Waals surface area contributed by atoms with Crippen molar-refractivity contribution in [3.63, 3.8) is 0 Å². The maximum atomic E-state index is 13.6. The van der Waals surface area contributed by atoms with E-state index in [1.54, 1.807) is 50.9 Å². The van der Waals surface area contributed by atoms with Crippen LogP contribution in [0.15, 0.2) is 60.9 Å². The van der Waals surface area contributed by atoms with Gasteiger partial charge < -0.3 is 19.7 Å². The highest BCUT2D eigenvalue weighted by molar-refractivity contribution is 6.32. The van der Waals surface area contributed by atoms with Crippen LogP contribution >= 0.6 is 23.2 Å². The largest absolute Gasteiger partial charge is 0.495 e. The Morgan fingerprint density at radius 1 is 1.00 bits per heavy atom. The highest BCUT2D eigenvalue weighted by Gasteiger charge is 2.28. The number of hydrogen-bond donors (Lipinski definition) is 1. The Bertz CT molecular complexity index is 1470. The predicted octanol–water partition coefficient (Wildman–Crippen LogP) is 6.81. The van der Waals surface area contributed by atoms with Gasteiger partial charge in [0.1, 0.15) is 11.5 Å². The summed E-state index contributed by atoms with van der Waals surface area (Å²) in [4.78, 5) is 24.5. The number of aromatic nitrogens is 4. The van der Waals surface area contributed by atoms with E-state index in [0.717, 1.165) is 36.8 Å². The summed E-state index contributed by atoms with van der Waals surface area (Å²) in [6.07, 6.45) is 7.47. The number of methoxy groups -OCH3 is 2. The number of nitrogens with one attached hydrogen (secondary N) is 1. The number of ether oxygens (including phenoxy) is 2. The second-order valence-corrected chi connectivity index (χ2v) is 10.3. The molecule has 11 heteroatoms. The molecule has 0 saturated heterocycles. The van der Waals surface area contributed by atoms with Crippen molar-refractivity contribution in [2.45, 2.75) is 38.3 Å². The van der Waals surface area contributed by atoms with Crippen molar-refractivity contribution in [2.24, 2.45) is 0 Å². The van der Waals surface area contributed by atoms with E-state index < -0.39 is 0 Å². The molecule has 0 unspecified atom stereocenters. The van der Waals surface area contributed by atoms with Crippen LogP contribution in [0.25, 0.3) is 22.8 Å². The summed E-state index contributed by atoms with van der Waals surface area (Å²) in [5.41, 5.74) is 2.16. The van der Waals surface area contributed by atoms with E-state index in [0.29, 0.717) is 52.0 Å². The third-order valence-corrected chi connectivity index (χ3v) is 7.53. The molecule has 1 aliphatic carbocycles. The second-order valence-electron chi connectivity index (χ2n) is 9.47. The Hall–Kier alpha value is -3.82. The van der Waals surface area contributed by atoms with Gasteiger partial charge in [-0.1, -0.05) is 36.0 Å². The smallest absolute Gasteiger partial charge is 0.322 e. The first-order chi connectivity index (χ1) is 19.5. The normalized spacial score (nSPS) is 13.3. The van der Waals surface area contributed by atoms with E-state index in [1.807, 2.05) is 33.8 Å². The van der Waals surface area contributed by atoms with Crippen molar-refractivity contribution in [3.05, 3.63) is 71.0 Å². The first kappa shape index (κ1) is 27.7. The summed E-state index contributed by atoms with van der Waals surface area (Å²) in [5.74, 6) is 2.32. The molecule has 0 spiro atoms. The molecule has 2 heterocycles. The van der Waals surface area contributed by atoms with Crippen LogP contribution in [-0.4, -0.2) is 57.5 Å². The number of benzene rings is 2. The Balaban J connectivity index is 1.45. The standard InChI is InChI=1S/C29H30Cl2N6O3/c1-39-25-9-7-20(17-23(25)31)28-34-27(19-11-13-32-14-12-19)35-37(28)16-15-36(22-5-3-4-6-22)29(38)33-24-18-21(30)8-10-26(24)40-2/h7-14,17-18,22H,3-6,15-16H2,1-2H3,(H,33,38). The van der Waals surface area contributed by atoms with Gasteiger partial charge in [-0.15, -0.1) is 0 Å². The molecule has 0 aliphatic heterocycles. The maximum Gasteiger partial charge on any atom is 0.322 e. The number of urea groups is 1. The predicted molar refractivity (Wildman–Crippen MR) is 156 cm³/mol. The van der Waals surface area contributed by atoms with Crippen LogP contribution in [-0.2, 0) is 6.54 Å². The first-order valence-electron chi connectivity index (χ1n) is 13.1. The van der Waals surface area contributed by atoms with Crippen LogP contribution in [0.5, 0.6) is 11.5 Å². The molecule has 2 aromatic carbocycles. The Morgan fingerprint density at radius 2 is 1.73 bits per heavy atom. The van der Waals surface area contributed by atoms with E-state index in [1.165, 1.54) is 0 Å². The molecule has 1 saturated carbocycles. The zero-order chi connectivity index (χ0) is 28.1. The summed E-state index contributed by atoms with van der Waals surface area (Å²) in [7, 11) is 3.14. The molecular formula is C29H30Cl2N6O3. The fraction of sp³-hybridized carbons (Fsp3) is 0.310. The van der Waals surface area contributed by atoms with Crippen LogP contribution < -0.4 is 14.8 Å². The Labute approximate surface area is 243 Å². The lowest BCUT2D eigenvalue weighted by Crippen LogP contribution is -2.43. The summed E-state index contributed by atoms with van der Waals surface area (Å²) >= 11 is 12.7. The van der Waals surface area contributed by atoms with Crippen LogP contribution in [0.2, 0.25) is 10.0 Å². The molecule has 2 amide bonds. The summed E-state index contributed by atoms with van der Waals surface area (Å²) in [6, 6.07) is 14.3. The highest BCUT2D eigenvalue weighted by atomic mass is 35.5. The van der Waals surface area contributed by atoms with E-state index in [4.69, 9.17) is 42.8 Å². The number of pyridine rings is 1. The van der Waals surface area contributed by atoms with Crippen molar-refractivity contribution in [3.8, 4) is 34.3 Å². The zero-order valence-electron chi connectivity index (χ0n) is 22.3. The van der Waals surface area contributed by atoms with E-state index >= 15 is 0 Å². The molecule has 5 rings (SSSR count). The average Bonchev–Trinajstić information content (AvgIpc) is 3.65.